The van der Waals surface area contributed by atoms with Crippen LogP contribution in [-0.2, 0) is 9.84 Å². The standard InChI is InChI=1S/C17H21N3O5S2/c1-3-25-15-7-5-4-6-13(15)18-8-10-19(11-9-18)17-14(20(21)22)12-16(26-17)27(2,23)24/h4-7,12H,3,8-11H2,1-2H3. The molecule has 2 heterocycles. The summed E-state index contributed by atoms with van der Waals surface area (Å²) >= 11 is 0.963. The molecular weight excluding hydrogens is 390 g/mol. The maximum absolute atomic E-state index is 11.8. The highest BCUT2D eigenvalue weighted by Crippen LogP contribution is 2.40. The van der Waals surface area contributed by atoms with E-state index in [9.17, 15) is 18.5 Å². The third kappa shape index (κ3) is 4.16. The van der Waals surface area contributed by atoms with E-state index in [4.69, 9.17) is 4.74 Å². The average molecular weight is 412 g/mol. The lowest BCUT2D eigenvalue weighted by atomic mass is 10.2. The maximum atomic E-state index is 11.8. The van der Waals surface area contributed by atoms with E-state index >= 15 is 0 Å². The van der Waals surface area contributed by atoms with E-state index < -0.39 is 14.8 Å². The molecule has 0 spiro atoms. The zero-order chi connectivity index (χ0) is 19.6. The van der Waals surface area contributed by atoms with Gasteiger partial charge in [-0.05, 0) is 19.1 Å². The molecule has 0 N–H and O–H groups in total. The summed E-state index contributed by atoms with van der Waals surface area (Å²) in [4.78, 5) is 14.9. The van der Waals surface area contributed by atoms with Crippen LogP contribution in [0, 0.1) is 10.1 Å². The van der Waals surface area contributed by atoms with Crippen LogP contribution in [0.3, 0.4) is 0 Å². The van der Waals surface area contributed by atoms with Gasteiger partial charge in [-0.1, -0.05) is 23.5 Å². The van der Waals surface area contributed by atoms with Gasteiger partial charge in [0.15, 0.2) is 14.8 Å². The van der Waals surface area contributed by atoms with Crippen LogP contribution in [0.2, 0.25) is 0 Å². The molecule has 0 amide bonds. The first-order chi connectivity index (χ1) is 12.8. The first-order valence-corrected chi connectivity index (χ1v) is 11.2. The van der Waals surface area contributed by atoms with Crippen LogP contribution in [0.15, 0.2) is 34.5 Å². The van der Waals surface area contributed by atoms with E-state index in [1.165, 1.54) is 0 Å². The van der Waals surface area contributed by atoms with E-state index in [0.29, 0.717) is 37.8 Å². The van der Waals surface area contributed by atoms with Crippen molar-refractivity contribution in [1.29, 1.82) is 0 Å². The minimum Gasteiger partial charge on any atom is -0.492 e. The average Bonchev–Trinajstić information content (AvgIpc) is 3.09. The van der Waals surface area contributed by atoms with Gasteiger partial charge in [0.2, 0.25) is 0 Å². The molecule has 2 aromatic rings. The zero-order valence-corrected chi connectivity index (χ0v) is 16.8. The van der Waals surface area contributed by atoms with Crippen LogP contribution in [0.5, 0.6) is 5.75 Å². The van der Waals surface area contributed by atoms with Crippen molar-refractivity contribution in [3.63, 3.8) is 0 Å². The van der Waals surface area contributed by atoms with Crippen molar-refractivity contribution in [1.82, 2.24) is 0 Å². The van der Waals surface area contributed by atoms with Gasteiger partial charge in [0, 0.05) is 38.5 Å². The Kier molecular flexibility index (Phi) is 5.56. The molecule has 3 rings (SSSR count). The zero-order valence-electron chi connectivity index (χ0n) is 15.1. The molecule has 10 heteroatoms. The highest BCUT2D eigenvalue weighted by molar-refractivity contribution is 7.92. The van der Waals surface area contributed by atoms with Gasteiger partial charge in [-0.2, -0.15) is 0 Å². The molecular formula is C17H21N3O5S2. The molecule has 0 aliphatic carbocycles. The van der Waals surface area contributed by atoms with Crippen molar-refractivity contribution >= 4 is 37.5 Å². The Balaban J connectivity index is 1.80. The molecule has 0 atom stereocenters. The highest BCUT2D eigenvalue weighted by atomic mass is 32.2. The van der Waals surface area contributed by atoms with Gasteiger partial charge in [0.05, 0.1) is 17.2 Å². The van der Waals surface area contributed by atoms with Crippen molar-refractivity contribution < 1.29 is 18.1 Å². The fraction of sp³-hybridized carbons (Fsp3) is 0.412. The number of benzene rings is 1. The van der Waals surface area contributed by atoms with Gasteiger partial charge in [0.25, 0.3) is 0 Å². The number of nitrogens with zero attached hydrogens (tertiary/aromatic N) is 3. The quantitative estimate of drug-likeness (QED) is 0.533. The lowest BCUT2D eigenvalue weighted by Crippen LogP contribution is -2.46. The predicted octanol–water partition coefficient (Wildman–Crippen LogP) is 2.79. The lowest BCUT2D eigenvalue weighted by Gasteiger charge is -2.36. The normalized spacial score (nSPS) is 15.0. The van der Waals surface area contributed by atoms with E-state index in [1.54, 1.807) is 0 Å². The van der Waals surface area contributed by atoms with Crippen molar-refractivity contribution in [3.8, 4) is 5.75 Å². The van der Waals surface area contributed by atoms with Gasteiger partial charge < -0.3 is 14.5 Å². The summed E-state index contributed by atoms with van der Waals surface area (Å²) in [7, 11) is -3.48. The van der Waals surface area contributed by atoms with Crippen molar-refractivity contribution in [3.05, 3.63) is 40.4 Å². The molecule has 0 saturated carbocycles. The molecule has 1 fully saturated rings. The number of anilines is 2. The molecule has 1 aromatic heterocycles. The van der Waals surface area contributed by atoms with Gasteiger partial charge >= 0.3 is 5.69 Å². The summed E-state index contributed by atoms with van der Waals surface area (Å²) in [5, 5.41) is 11.8. The summed E-state index contributed by atoms with van der Waals surface area (Å²) in [5.41, 5.74) is 0.847. The molecule has 8 nitrogen and oxygen atoms in total. The van der Waals surface area contributed by atoms with E-state index in [1.807, 2.05) is 36.1 Å². The topological polar surface area (TPSA) is 93.0 Å². The Bertz CT molecular complexity index is 934. The number of para-hydroxylation sites is 2. The second kappa shape index (κ2) is 7.73. The van der Waals surface area contributed by atoms with Gasteiger partial charge in [0.1, 0.15) is 9.96 Å². The SMILES string of the molecule is CCOc1ccccc1N1CCN(c2sc(S(C)(=O)=O)cc2[N+](=O)[O-])CC1. The number of rotatable bonds is 6. The number of hydrogen-bond donors (Lipinski definition) is 0. The lowest BCUT2D eigenvalue weighted by molar-refractivity contribution is -0.383. The van der Waals surface area contributed by atoms with Gasteiger partial charge in [-0.3, -0.25) is 10.1 Å². The Hall–Kier alpha value is -2.33. The molecule has 1 saturated heterocycles. The summed E-state index contributed by atoms with van der Waals surface area (Å²) in [5.74, 6) is 0.815. The van der Waals surface area contributed by atoms with Crippen molar-refractivity contribution in [2.75, 3.05) is 48.8 Å². The number of nitro groups is 1. The molecule has 0 bridgehead atoms. The molecule has 1 aromatic carbocycles. The van der Waals surface area contributed by atoms with Crippen LogP contribution in [-0.4, -0.2) is 52.4 Å². The molecule has 0 radical (unpaired) electrons. The Labute approximate surface area is 162 Å². The second-order valence-corrected chi connectivity index (χ2v) is 9.43. The summed E-state index contributed by atoms with van der Waals surface area (Å²) in [6, 6.07) is 8.95. The first-order valence-electron chi connectivity index (χ1n) is 8.51. The van der Waals surface area contributed by atoms with Crippen LogP contribution < -0.4 is 14.5 Å². The smallest absolute Gasteiger partial charge is 0.305 e. The fourth-order valence-corrected chi connectivity index (χ4v) is 5.12. The van der Waals surface area contributed by atoms with Crippen molar-refractivity contribution in [2.45, 2.75) is 11.1 Å². The third-order valence-corrected chi connectivity index (χ3v) is 7.29. The van der Waals surface area contributed by atoms with Gasteiger partial charge in [-0.15, -0.1) is 0 Å². The Morgan fingerprint density at radius 1 is 1.19 bits per heavy atom. The monoisotopic (exact) mass is 411 g/mol. The molecule has 146 valence electrons. The second-order valence-electron chi connectivity index (χ2n) is 6.16. The summed E-state index contributed by atoms with van der Waals surface area (Å²) in [6.45, 7) is 4.95. The summed E-state index contributed by atoms with van der Waals surface area (Å²) < 4.78 is 29.3. The van der Waals surface area contributed by atoms with E-state index in [2.05, 4.69) is 4.90 Å². The maximum Gasteiger partial charge on any atom is 0.305 e. The largest absolute Gasteiger partial charge is 0.492 e. The predicted molar refractivity (Wildman–Crippen MR) is 106 cm³/mol. The minimum atomic E-state index is -3.48. The number of hydrogen-bond acceptors (Lipinski definition) is 8. The highest BCUT2D eigenvalue weighted by Gasteiger charge is 2.30. The fourth-order valence-electron chi connectivity index (χ4n) is 3.04. The van der Waals surface area contributed by atoms with Crippen LogP contribution in [0.4, 0.5) is 16.4 Å². The van der Waals surface area contributed by atoms with E-state index in [-0.39, 0.29) is 9.90 Å². The number of piperazine rings is 1. The van der Waals surface area contributed by atoms with Crippen LogP contribution >= 0.6 is 11.3 Å². The van der Waals surface area contributed by atoms with E-state index in [0.717, 1.165) is 35.1 Å². The number of thiophene rings is 1. The number of ether oxygens (including phenoxy) is 1. The molecule has 1 aliphatic rings. The molecule has 1 aliphatic heterocycles. The molecule has 27 heavy (non-hydrogen) atoms. The first kappa shape index (κ1) is 19.4. The third-order valence-electron chi connectivity index (χ3n) is 4.31. The minimum absolute atomic E-state index is 0.0216. The Morgan fingerprint density at radius 2 is 1.81 bits per heavy atom. The summed E-state index contributed by atoms with van der Waals surface area (Å²) in [6.07, 6.45) is 1.06. The van der Waals surface area contributed by atoms with Crippen molar-refractivity contribution in [2.24, 2.45) is 0 Å². The Morgan fingerprint density at radius 3 is 2.41 bits per heavy atom. The molecule has 0 unspecified atom stereocenters. The van der Waals surface area contributed by atoms with Crippen LogP contribution in [0.1, 0.15) is 6.92 Å². The van der Waals surface area contributed by atoms with Gasteiger partial charge in [-0.25, -0.2) is 8.42 Å². The number of sulfone groups is 1. The van der Waals surface area contributed by atoms with Crippen LogP contribution in [0.25, 0.3) is 0 Å².